The number of benzene rings is 1. The Morgan fingerprint density at radius 2 is 2.00 bits per heavy atom. The van der Waals surface area contributed by atoms with Crippen LogP contribution in [-0.4, -0.2) is 22.2 Å². The van der Waals surface area contributed by atoms with Gasteiger partial charge in [0.2, 0.25) is 0 Å². The van der Waals surface area contributed by atoms with Gasteiger partial charge in [-0.2, -0.15) is 13.2 Å². The van der Waals surface area contributed by atoms with Crippen LogP contribution in [0.25, 0.3) is 0 Å². The monoisotopic (exact) mass is 317 g/mol. The van der Waals surface area contributed by atoms with Crippen LogP contribution in [0.1, 0.15) is 36.8 Å². The van der Waals surface area contributed by atoms with Gasteiger partial charge in [0.05, 0.1) is 11.5 Å². The molecule has 0 radical (unpaired) electrons. The standard InChI is InChI=1S/C15H18F3NO3/c16-15(17,18)11-4-9(5-13(20)7-11)8-19-12-3-1-2-10(6-12)14(21)22/h4-5,7,10,12,19-20H,1-3,6,8H2,(H,21,22)/t10-,12+/m1/s1. The molecule has 2 atom stereocenters. The Kier molecular flexibility index (Phi) is 4.95. The average Bonchev–Trinajstić information content (AvgIpc) is 2.44. The molecule has 1 aromatic rings. The molecular weight excluding hydrogens is 299 g/mol. The molecule has 3 N–H and O–H groups in total. The number of halogens is 3. The van der Waals surface area contributed by atoms with E-state index in [1.165, 1.54) is 6.07 Å². The molecule has 1 saturated carbocycles. The Balaban J connectivity index is 1.99. The maximum atomic E-state index is 12.7. The van der Waals surface area contributed by atoms with E-state index in [4.69, 9.17) is 5.11 Å². The lowest BCUT2D eigenvalue weighted by Crippen LogP contribution is -2.36. The fourth-order valence-electron chi connectivity index (χ4n) is 2.80. The van der Waals surface area contributed by atoms with Crippen molar-refractivity contribution in [3.05, 3.63) is 29.3 Å². The largest absolute Gasteiger partial charge is 0.508 e. The Morgan fingerprint density at radius 1 is 1.27 bits per heavy atom. The van der Waals surface area contributed by atoms with Crippen molar-refractivity contribution in [1.29, 1.82) is 0 Å². The van der Waals surface area contributed by atoms with E-state index in [0.29, 0.717) is 24.5 Å². The predicted molar refractivity (Wildman–Crippen MR) is 73.3 cm³/mol. The lowest BCUT2D eigenvalue weighted by atomic mass is 9.85. The quantitative estimate of drug-likeness (QED) is 0.798. The molecule has 0 amide bonds. The van der Waals surface area contributed by atoms with Gasteiger partial charge in [-0.25, -0.2) is 0 Å². The molecule has 7 heteroatoms. The number of aromatic hydroxyl groups is 1. The van der Waals surface area contributed by atoms with E-state index in [1.807, 2.05) is 0 Å². The number of alkyl halides is 3. The second-order valence-corrected chi connectivity index (χ2v) is 5.67. The van der Waals surface area contributed by atoms with Crippen molar-refractivity contribution < 1.29 is 28.2 Å². The third kappa shape index (κ3) is 4.37. The Morgan fingerprint density at radius 3 is 2.64 bits per heavy atom. The molecule has 0 spiro atoms. The molecule has 0 heterocycles. The van der Waals surface area contributed by atoms with Crippen molar-refractivity contribution in [3.8, 4) is 5.75 Å². The summed E-state index contributed by atoms with van der Waals surface area (Å²) in [6, 6.07) is 2.92. The van der Waals surface area contributed by atoms with Crippen LogP contribution in [0.15, 0.2) is 18.2 Å². The van der Waals surface area contributed by atoms with Gasteiger partial charge < -0.3 is 15.5 Å². The molecule has 1 aliphatic carbocycles. The molecule has 4 nitrogen and oxygen atoms in total. The highest BCUT2D eigenvalue weighted by molar-refractivity contribution is 5.70. The van der Waals surface area contributed by atoms with E-state index in [0.717, 1.165) is 18.9 Å². The molecule has 0 saturated heterocycles. The normalized spacial score (nSPS) is 22.5. The second kappa shape index (κ2) is 6.56. The molecule has 0 bridgehead atoms. The predicted octanol–water partition coefficient (Wildman–Crippen LogP) is 3.14. The first-order valence-electron chi connectivity index (χ1n) is 7.12. The number of hydrogen-bond acceptors (Lipinski definition) is 3. The van der Waals surface area contributed by atoms with Crippen molar-refractivity contribution in [3.63, 3.8) is 0 Å². The van der Waals surface area contributed by atoms with Crippen LogP contribution in [-0.2, 0) is 17.5 Å². The smallest absolute Gasteiger partial charge is 0.416 e. The molecule has 0 aliphatic heterocycles. The van der Waals surface area contributed by atoms with Crippen LogP contribution in [0, 0.1) is 5.92 Å². The third-order valence-corrected chi connectivity index (χ3v) is 3.92. The van der Waals surface area contributed by atoms with E-state index >= 15 is 0 Å². The highest BCUT2D eigenvalue weighted by Gasteiger charge is 2.31. The summed E-state index contributed by atoms with van der Waals surface area (Å²) >= 11 is 0. The van der Waals surface area contributed by atoms with Crippen LogP contribution in [0.5, 0.6) is 5.75 Å². The van der Waals surface area contributed by atoms with Crippen molar-refractivity contribution in [2.75, 3.05) is 0 Å². The molecule has 122 valence electrons. The highest BCUT2D eigenvalue weighted by Crippen LogP contribution is 2.32. The Hall–Kier alpha value is -1.76. The lowest BCUT2D eigenvalue weighted by molar-refractivity contribution is -0.143. The van der Waals surface area contributed by atoms with E-state index < -0.39 is 29.4 Å². The minimum absolute atomic E-state index is 0.0356. The van der Waals surface area contributed by atoms with Gasteiger partial charge in [0.1, 0.15) is 5.75 Å². The van der Waals surface area contributed by atoms with Gasteiger partial charge in [0.25, 0.3) is 0 Å². The number of carboxylic acids is 1. The summed E-state index contributed by atoms with van der Waals surface area (Å²) in [6.45, 7) is 0.161. The number of hydrogen-bond donors (Lipinski definition) is 3. The average molecular weight is 317 g/mol. The van der Waals surface area contributed by atoms with Gasteiger partial charge in [-0.3, -0.25) is 4.79 Å². The summed E-state index contributed by atoms with van der Waals surface area (Å²) < 4.78 is 38.1. The first-order valence-corrected chi connectivity index (χ1v) is 7.12. The summed E-state index contributed by atoms with van der Waals surface area (Å²) in [5, 5.41) is 21.5. The van der Waals surface area contributed by atoms with Crippen molar-refractivity contribution >= 4 is 5.97 Å². The summed E-state index contributed by atoms with van der Waals surface area (Å²) in [4.78, 5) is 11.0. The van der Waals surface area contributed by atoms with E-state index in [9.17, 15) is 23.1 Å². The summed E-state index contributed by atoms with van der Waals surface area (Å²) in [5.41, 5.74) is -0.568. The van der Waals surface area contributed by atoms with Gasteiger partial charge in [-0.05, 0) is 43.0 Å². The molecule has 0 unspecified atom stereocenters. The van der Waals surface area contributed by atoms with Crippen LogP contribution < -0.4 is 5.32 Å². The first kappa shape index (κ1) is 16.6. The maximum Gasteiger partial charge on any atom is 0.416 e. The minimum Gasteiger partial charge on any atom is -0.508 e. The molecule has 2 rings (SSSR count). The Bertz CT molecular complexity index is 545. The van der Waals surface area contributed by atoms with Gasteiger partial charge in [-0.1, -0.05) is 6.42 Å². The fraction of sp³-hybridized carbons (Fsp3) is 0.533. The number of phenolic OH excluding ortho intramolecular Hbond substituents is 1. The number of carboxylic acid groups (broad SMARTS) is 1. The Labute approximate surface area is 126 Å². The van der Waals surface area contributed by atoms with Crippen LogP contribution in [0.2, 0.25) is 0 Å². The molecular formula is C15H18F3NO3. The maximum absolute atomic E-state index is 12.7. The number of aliphatic carboxylic acids is 1. The summed E-state index contributed by atoms with van der Waals surface area (Å²) in [5.74, 6) is -1.66. The topological polar surface area (TPSA) is 69.6 Å². The van der Waals surface area contributed by atoms with Crippen LogP contribution in [0.4, 0.5) is 13.2 Å². The van der Waals surface area contributed by atoms with Crippen molar-refractivity contribution in [2.45, 2.75) is 44.4 Å². The third-order valence-electron chi connectivity index (χ3n) is 3.92. The van der Waals surface area contributed by atoms with Gasteiger partial charge >= 0.3 is 12.1 Å². The zero-order chi connectivity index (χ0) is 16.3. The first-order chi connectivity index (χ1) is 10.3. The van der Waals surface area contributed by atoms with Crippen LogP contribution >= 0.6 is 0 Å². The molecule has 1 fully saturated rings. The minimum atomic E-state index is -4.51. The van der Waals surface area contributed by atoms with Crippen molar-refractivity contribution in [2.24, 2.45) is 5.92 Å². The van der Waals surface area contributed by atoms with Crippen molar-refractivity contribution in [1.82, 2.24) is 5.32 Å². The summed E-state index contributed by atoms with van der Waals surface area (Å²) in [6.07, 6.45) is -1.82. The van der Waals surface area contributed by atoms with Gasteiger partial charge in [-0.15, -0.1) is 0 Å². The number of carbonyl (C=O) groups is 1. The highest BCUT2D eigenvalue weighted by atomic mass is 19.4. The van der Waals surface area contributed by atoms with Gasteiger partial charge in [0, 0.05) is 12.6 Å². The number of nitrogens with one attached hydrogen (secondary N) is 1. The number of phenols is 1. The molecule has 22 heavy (non-hydrogen) atoms. The molecule has 0 aromatic heterocycles. The van der Waals surface area contributed by atoms with Gasteiger partial charge in [0.15, 0.2) is 0 Å². The molecule has 1 aliphatic rings. The summed E-state index contributed by atoms with van der Waals surface area (Å²) in [7, 11) is 0. The van der Waals surface area contributed by atoms with Crippen LogP contribution in [0.3, 0.4) is 0 Å². The zero-order valence-corrected chi connectivity index (χ0v) is 11.9. The SMILES string of the molecule is O=C(O)[C@@H]1CCC[C@H](NCc2cc(O)cc(C(F)(F)F)c2)C1. The second-order valence-electron chi connectivity index (χ2n) is 5.67. The molecule has 1 aromatic carbocycles. The zero-order valence-electron chi connectivity index (χ0n) is 11.9. The van der Waals surface area contributed by atoms with E-state index in [-0.39, 0.29) is 12.6 Å². The van der Waals surface area contributed by atoms with E-state index in [1.54, 1.807) is 0 Å². The fourth-order valence-corrected chi connectivity index (χ4v) is 2.80. The number of rotatable bonds is 4. The van der Waals surface area contributed by atoms with E-state index in [2.05, 4.69) is 5.32 Å². The lowest BCUT2D eigenvalue weighted by Gasteiger charge is -2.27.